The molecule has 3 nitrogen and oxygen atoms in total. The Morgan fingerprint density at radius 1 is 1.53 bits per heavy atom. The van der Waals surface area contributed by atoms with E-state index in [0.717, 1.165) is 10.0 Å². The van der Waals surface area contributed by atoms with Crippen LogP contribution in [0.1, 0.15) is 32.4 Å². The molecule has 0 bridgehead atoms. The summed E-state index contributed by atoms with van der Waals surface area (Å²) < 4.78 is 0.968. The van der Waals surface area contributed by atoms with Gasteiger partial charge in [0.15, 0.2) is 0 Å². The molecule has 1 amide bonds. The zero-order chi connectivity index (χ0) is 13.1. The van der Waals surface area contributed by atoms with Crippen molar-refractivity contribution >= 4 is 21.8 Å². The molecule has 1 atom stereocenters. The second-order valence-corrected chi connectivity index (χ2v) is 5.40. The predicted octanol–water partition coefficient (Wildman–Crippen LogP) is 3.18. The minimum absolute atomic E-state index is 0.118. The summed E-state index contributed by atoms with van der Waals surface area (Å²) in [5.74, 6) is -0.257. The molecule has 0 radical (unpaired) electrons. The van der Waals surface area contributed by atoms with Crippen molar-refractivity contribution in [3.63, 3.8) is 0 Å². The first-order valence-electron chi connectivity index (χ1n) is 5.34. The molecule has 0 heterocycles. The van der Waals surface area contributed by atoms with Crippen molar-refractivity contribution in [2.45, 2.75) is 26.8 Å². The zero-order valence-electron chi connectivity index (χ0n) is 10.1. The Morgan fingerprint density at radius 3 is 2.71 bits per heavy atom. The van der Waals surface area contributed by atoms with Gasteiger partial charge in [-0.3, -0.25) is 4.79 Å². The molecule has 1 aromatic rings. The Bertz CT molecular complexity index is 463. The molecule has 17 heavy (non-hydrogen) atoms. The lowest BCUT2D eigenvalue weighted by molar-refractivity contribution is -0.127. The fraction of sp³-hybridized carbons (Fsp3) is 0.385. The van der Waals surface area contributed by atoms with Crippen LogP contribution < -0.4 is 5.32 Å². The van der Waals surface area contributed by atoms with E-state index in [4.69, 9.17) is 5.26 Å². The quantitative estimate of drug-likeness (QED) is 0.931. The fourth-order valence-corrected chi connectivity index (χ4v) is 1.70. The molecule has 0 aliphatic carbocycles. The van der Waals surface area contributed by atoms with E-state index in [2.05, 4.69) is 21.2 Å². The van der Waals surface area contributed by atoms with Crippen LogP contribution in [0.25, 0.3) is 0 Å². The van der Waals surface area contributed by atoms with E-state index in [1.165, 1.54) is 0 Å². The molecule has 0 aromatic heterocycles. The highest BCUT2D eigenvalue weighted by atomic mass is 79.9. The van der Waals surface area contributed by atoms with Gasteiger partial charge in [-0.25, -0.2) is 0 Å². The van der Waals surface area contributed by atoms with Crippen LogP contribution in [-0.2, 0) is 4.79 Å². The third-order valence-electron chi connectivity index (χ3n) is 2.54. The Balaban J connectivity index is 2.78. The van der Waals surface area contributed by atoms with Crippen LogP contribution in [0, 0.1) is 16.7 Å². The van der Waals surface area contributed by atoms with Crippen molar-refractivity contribution < 1.29 is 4.79 Å². The number of nitriles is 1. The first-order valence-corrected chi connectivity index (χ1v) is 6.14. The fourth-order valence-electron chi connectivity index (χ4n) is 1.29. The lowest BCUT2D eigenvalue weighted by Gasteiger charge is -2.20. The van der Waals surface area contributed by atoms with E-state index in [-0.39, 0.29) is 11.9 Å². The van der Waals surface area contributed by atoms with Gasteiger partial charge in [0.05, 0.1) is 12.1 Å². The Labute approximate surface area is 110 Å². The van der Waals surface area contributed by atoms with Gasteiger partial charge in [-0.15, -0.1) is 0 Å². The molecule has 1 rings (SSSR count). The third-order valence-corrected chi connectivity index (χ3v) is 3.04. The smallest absolute Gasteiger partial charge is 0.240 e. The van der Waals surface area contributed by atoms with Crippen molar-refractivity contribution in [1.82, 2.24) is 5.32 Å². The van der Waals surface area contributed by atoms with E-state index in [1.807, 2.05) is 37.3 Å². The normalized spacial score (nSPS) is 12.6. The number of nitrogens with zero attached hydrogens (tertiary/aromatic N) is 1. The molecular weight excluding hydrogens is 280 g/mol. The number of halogens is 1. The molecule has 0 spiro atoms. The summed E-state index contributed by atoms with van der Waals surface area (Å²) in [6.45, 7) is 5.11. The van der Waals surface area contributed by atoms with Gasteiger partial charge in [-0.2, -0.15) is 5.26 Å². The molecule has 0 fully saturated rings. The highest BCUT2D eigenvalue weighted by Gasteiger charge is 2.28. The van der Waals surface area contributed by atoms with Crippen molar-refractivity contribution in [1.29, 1.82) is 5.26 Å². The lowest BCUT2D eigenvalue weighted by Crippen LogP contribution is -2.37. The number of rotatable bonds is 3. The summed E-state index contributed by atoms with van der Waals surface area (Å²) in [6, 6.07) is 9.60. The number of benzene rings is 1. The molecule has 1 N–H and O–H groups in total. The predicted molar refractivity (Wildman–Crippen MR) is 70.1 cm³/mol. The van der Waals surface area contributed by atoms with Crippen LogP contribution in [0.3, 0.4) is 0 Å². The maximum atomic E-state index is 11.8. The summed E-state index contributed by atoms with van der Waals surface area (Å²) in [7, 11) is 0. The Kier molecular flexibility index (Phi) is 4.30. The summed E-state index contributed by atoms with van der Waals surface area (Å²) in [6.07, 6.45) is 0. The molecule has 4 heteroatoms. The average molecular weight is 295 g/mol. The van der Waals surface area contributed by atoms with Gasteiger partial charge in [0.2, 0.25) is 5.91 Å². The van der Waals surface area contributed by atoms with Gasteiger partial charge < -0.3 is 5.32 Å². The lowest BCUT2D eigenvalue weighted by atomic mass is 9.94. The molecule has 1 unspecified atom stereocenters. The van der Waals surface area contributed by atoms with Crippen molar-refractivity contribution in [3.8, 4) is 6.07 Å². The Morgan fingerprint density at radius 2 is 2.18 bits per heavy atom. The maximum absolute atomic E-state index is 11.8. The maximum Gasteiger partial charge on any atom is 0.240 e. The number of carbonyl (C=O) groups excluding carboxylic acids is 1. The van der Waals surface area contributed by atoms with Crippen molar-refractivity contribution in [2.75, 3.05) is 0 Å². The van der Waals surface area contributed by atoms with Crippen LogP contribution in [-0.4, -0.2) is 5.91 Å². The molecular formula is C13H15BrN2O. The number of amides is 1. The van der Waals surface area contributed by atoms with E-state index < -0.39 is 5.41 Å². The second-order valence-electron chi connectivity index (χ2n) is 4.49. The largest absolute Gasteiger partial charge is 0.348 e. The average Bonchev–Trinajstić information content (AvgIpc) is 2.28. The van der Waals surface area contributed by atoms with E-state index in [9.17, 15) is 4.79 Å². The van der Waals surface area contributed by atoms with E-state index in [0.29, 0.717) is 0 Å². The molecule has 0 aliphatic rings. The van der Waals surface area contributed by atoms with Gasteiger partial charge in [-0.1, -0.05) is 28.1 Å². The van der Waals surface area contributed by atoms with Gasteiger partial charge in [-0.05, 0) is 38.5 Å². The summed E-state index contributed by atoms with van der Waals surface area (Å²) >= 11 is 3.38. The van der Waals surface area contributed by atoms with Gasteiger partial charge >= 0.3 is 0 Å². The minimum Gasteiger partial charge on any atom is -0.348 e. The number of hydrogen-bond donors (Lipinski definition) is 1. The SMILES string of the molecule is CC(NC(=O)C(C)(C)C#N)c1cccc(Br)c1. The molecule has 0 saturated carbocycles. The number of carbonyl (C=O) groups is 1. The zero-order valence-corrected chi connectivity index (χ0v) is 11.7. The minimum atomic E-state index is -1.000. The van der Waals surface area contributed by atoms with Crippen LogP contribution >= 0.6 is 15.9 Å². The molecule has 1 aromatic carbocycles. The van der Waals surface area contributed by atoms with Crippen molar-refractivity contribution in [3.05, 3.63) is 34.3 Å². The first kappa shape index (κ1) is 13.7. The molecule has 0 saturated heterocycles. The summed E-state index contributed by atoms with van der Waals surface area (Å²) in [5, 5.41) is 11.7. The second kappa shape index (κ2) is 5.33. The highest BCUT2D eigenvalue weighted by Crippen LogP contribution is 2.20. The summed E-state index contributed by atoms with van der Waals surface area (Å²) in [5.41, 5.74) is 0.00163. The molecule has 90 valence electrons. The van der Waals surface area contributed by atoms with Gasteiger partial charge in [0.1, 0.15) is 5.41 Å². The van der Waals surface area contributed by atoms with Crippen LogP contribution in [0.15, 0.2) is 28.7 Å². The monoisotopic (exact) mass is 294 g/mol. The number of hydrogen-bond acceptors (Lipinski definition) is 2. The van der Waals surface area contributed by atoms with Crippen molar-refractivity contribution in [2.24, 2.45) is 5.41 Å². The van der Waals surface area contributed by atoms with Gasteiger partial charge in [0, 0.05) is 4.47 Å². The summed E-state index contributed by atoms with van der Waals surface area (Å²) in [4.78, 5) is 11.8. The van der Waals surface area contributed by atoms with Crippen LogP contribution in [0.4, 0.5) is 0 Å². The van der Waals surface area contributed by atoms with E-state index >= 15 is 0 Å². The third kappa shape index (κ3) is 3.57. The van der Waals surface area contributed by atoms with Crippen LogP contribution in [0.2, 0.25) is 0 Å². The standard InChI is InChI=1S/C13H15BrN2O/c1-9(10-5-4-6-11(14)7-10)16-12(17)13(2,3)8-15/h4-7,9H,1-3H3,(H,16,17). The van der Waals surface area contributed by atoms with Gasteiger partial charge in [0.25, 0.3) is 0 Å². The number of nitrogens with one attached hydrogen (secondary N) is 1. The topological polar surface area (TPSA) is 52.9 Å². The molecule has 0 aliphatic heterocycles. The van der Waals surface area contributed by atoms with Crippen LogP contribution in [0.5, 0.6) is 0 Å². The van der Waals surface area contributed by atoms with E-state index in [1.54, 1.807) is 13.8 Å². The Hall–Kier alpha value is -1.34. The highest BCUT2D eigenvalue weighted by molar-refractivity contribution is 9.10. The first-order chi connectivity index (χ1) is 7.86.